The van der Waals surface area contributed by atoms with Gasteiger partial charge in [-0.2, -0.15) is 5.26 Å². The minimum absolute atomic E-state index is 0.0556. The van der Waals surface area contributed by atoms with E-state index in [-0.39, 0.29) is 23.3 Å². The molecule has 21 heavy (non-hydrogen) atoms. The van der Waals surface area contributed by atoms with Crippen molar-refractivity contribution < 1.29 is 10.0 Å². The van der Waals surface area contributed by atoms with Crippen molar-refractivity contribution in [1.82, 2.24) is 0 Å². The molecule has 1 aliphatic rings. The molecule has 6 nitrogen and oxygen atoms in total. The van der Waals surface area contributed by atoms with Crippen molar-refractivity contribution in [3.63, 3.8) is 0 Å². The molecule has 0 amide bonds. The number of aliphatic hydroxyl groups excluding tert-OH is 1. The zero-order valence-corrected chi connectivity index (χ0v) is 11.8. The Kier molecular flexibility index (Phi) is 4.76. The lowest BCUT2D eigenvalue weighted by molar-refractivity contribution is -0.385. The van der Waals surface area contributed by atoms with Gasteiger partial charge in [-0.25, -0.2) is 0 Å². The van der Waals surface area contributed by atoms with Crippen molar-refractivity contribution in [2.45, 2.75) is 32.1 Å². The van der Waals surface area contributed by atoms with Crippen LogP contribution in [0.25, 0.3) is 0 Å². The lowest BCUT2D eigenvalue weighted by atomic mass is 9.74. The summed E-state index contributed by atoms with van der Waals surface area (Å²) in [5, 5.41) is 32.6. The first kappa shape index (κ1) is 15.3. The van der Waals surface area contributed by atoms with E-state index < -0.39 is 4.92 Å². The zero-order chi connectivity index (χ0) is 15.3. The van der Waals surface area contributed by atoms with Gasteiger partial charge in [0, 0.05) is 23.7 Å². The number of anilines is 1. The zero-order valence-electron chi connectivity index (χ0n) is 11.8. The van der Waals surface area contributed by atoms with Crippen molar-refractivity contribution in [3.05, 3.63) is 33.9 Å². The summed E-state index contributed by atoms with van der Waals surface area (Å²) < 4.78 is 0. The molecule has 1 aromatic rings. The van der Waals surface area contributed by atoms with Crippen LogP contribution in [0.4, 0.5) is 11.4 Å². The Balaban J connectivity index is 2.11. The predicted molar refractivity (Wildman–Crippen MR) is 78.9 cm³/mol. The van der Waals surface area contributed by atoms with E-state index in [2.05, 4.69) is 5.32 Å². The van der Waals surface area contributed by atoms with E-state index in [0.717, 1.165) is 25.7 Å². The fourth-order valence-electron chi connectivity index (χ4n) is 2.87. The molecule has 0 atom stereocenters. The van der Waals surface area contributed by atoms with E-state index in [1.54, 1.807) is 6.07 Å². The van der Waals surface area contributed by atoms with Crippen LogP contribution < -0.4 is 5.32 Å². The quantitative estimate of drug-likeness (QED) is 0.641. The summed E-state index contributed by atoms with van der Waals surface area (Å²) in [5.74, 6) is 0. The van der Waals surface area contributed by atoms with Crippen LogP contribution in [0.3, 0.4) is 0 Å². The summed E-state index contributed by atoms with van der Waals surface area (Å²) in [7, 11) is 0. The molecule has 6 heteroatoms. The lowest BCUT2D eigenvalue weighted by Gasteiger charge is -2.36. The molecule has 0 aromatic heterocycles. The second-order valence-corrected chi connectivity index (χ2v) is 5.67. The van der Waals surface area contributed by atoms with Crippen LogP contribution in [0.15, 0.2) is 18.2 Å². The van der Waals surface area contributed by atoms with Gasteiger partial charge in [0.1, 0.15) is 11.6 Å². The number of nitro groups is 1. The Hall–Kier alpha value is -2.13. The summed E-state index contributed by atoms with van der Waals surface area (Å²) in [4.78, 5) is 10.4. The van der Waals surface area contributed by atoms with E-state index >= 15 is 0 Å². The number of nitrogens with zero attached hydrogens (tertiary/aromatic N) is 2. The predicted octanol–water partition coefficient (Wildman–Crippen LogP) is 2.82. The average molecular weight is 289 g/mol. The van der Waals surface area contributed by atoms with Gasteiger partial charge in [0.15, 0.2) is 0 Å². The Morgan fingerprint density at radius 3 is 2.67 bits per heavy atom. The van der Waals surface area contributed by atoms with Crippen LogP contribution in [0.5, 0.6) is 0 Å². The van der Waals surface area contributed by atoms with Gasteiger partial charge < -0.3 is 10.4 Å². The van der Waals surface area contributed by atoms with Crippen molar-refractivity contribution >= 4 is 11.4 Å². The van der Waals surface area contributed by atoms with Crippen molar-refractivity contribution in [2.24, 2.45) is 5.41 Å². The van der Waals surface area contributed by atoms with E-state index in [0.29, 0.717) is 12.2 Å². The van der Waals surface area contributed by atoms with Crippen molar-refractivity contribution in [2.75, 3.05) is 18.5 Å². The number of nitrogens with one attached hydrogen (secondary N) is 1. The number of nitriles is 1. The summed E-state index contributed by atoms with van der Waals surface area (Å²) in [6.07, 6.45) is 5.35. The van der Waals surface area contributed by atoms with Crippen LogP contribution in [-0.4, -0.2) is 23.2 Å². The molecule has 2 rings (SSSR count). The molecule has 1 saturated carbocycles. The Bertz CT molecular complexity index is 560. The highest BCUT2D eigenvalue weighted by Crippen LogP contribution is 2.36. The molecule has 0 radical (unpaired) electrons. The first-order valence-corrected chi connectivity index (χ1v) is 7.13. The maximum atomic E-state index is 10.9. The van der Waals surface area contributed by atoms with Crippen LogP contribution >= 0.6 is 0 Å². The standard InChI is InChI=1S/C15H19N3O3/c16-9-12-4-5-13(8-14(12)18(20)21)17-10-15(11-19)6-2-1-3-7-15/h4-5,8,17,19H,1-3,6-7,10-11H2. The molecule has 2 N–H and O–H groups in total. The molecular weight excluding hydrogens is 270 g/mol. The molecule has 0 spiro atoms. The lowest BCUT2D eigenvalue weighted by Crippen LogP contribution is -2.35. The highest BCUT2D eigenvalue weighted by molar-refractivity contribution is 5.59. The van der Waals surface area contributed by atoms with Gasteiger partial charge in [0.05, 0.1) is 11.5 Å². The Morgan fingerprint density at radius 1 is 1.38 bits per heavy atom. The molecule has 0 saturated heterocycles. The van der Waals surface area contributed by atoms with Gasteiger partial charge in [0.2, 0.25) is 0 Å². The summed E-state index contributed by atoms with van der Waals surface area (Å²) >= 11 is 0. The normalized spacial score (nSPS) is 17.0. The van der Waals surface area contributed by atoms with Crippen LogP contribution in [0.1, 0.15) is 37.7 Å². The van der Waals surface area contributed by atoms with Gasteiger partial charge in [-0.15, -0.1) is 0 Å². The number of hydrogen-bond acceptors (Lipinski definition) is 5. The average Bonchev–Trinajstić information content (AvgIpc) is 2.53. The van der Waals surface area contributed by atoms with Crippen molar-refractivity contribution in [3.8, 4) is 6.07 Å². The third-order valence-electron chi connectivity index (χ3n) is 4.23. The Labute approximate surface area is 123 Å². The number of benzene rings is 1. The third-order valence-corrected chi connectivity index (χ3v) is 4.23. The minimum atomic E-state index is -0.549. The maximum Gasteiger partial charge on any atom is 0.289 e. The molecule has 0 unspecified atom stereocenters. The molecule has 1 aromatic carbocycles. The highest BCUT2D eigenvalue weighted by Gasteiger charge is 2.31. The largest absolute Gasteiger partial charge is 0.396 e. The summed E-state index contributed by atoms with van der Waals surface area (Å²) in [6.45, 7) is 0.713. The maximum absolute atomic E-state index is 10.9. The number of hydrogen-bond donors (Lipinski definition) is 2. The number of rotatable bonds is 5. The van der Waals surface area contributed by atoms with Gasteiger partial charge in [-0.05, 0) is 25.0 Å². The summed E-state index contributed by atoms with van der Waals surface area (Å²) in [6, 6.07) is 6.32. The van der Waals surface area contributed by atoms with Crippen LogP contribution in [0.2, 0.25) is 0 Å². The topological polar surface area (TPSA) is 99.2 Å². The molecule has 0 aliphatic heterocycles. The molecule has 1 fully saturated rings. The highest BCUT2D eigenvalue weighted by atomic mass is 16.6. The fourth-order valence-corrected chi connectivity index (χ4v) is 2.87. The SMILES string of the molecule is N#Cc1ccc(NCC2(CO)CCCCC2)cc1[N+](=O)[O-]. The first-order valence-electron chi connectivity index (χ1n) is 7.13. The number of aliphatic hydroxyl groups is 1. The van der Waals surface area contributed by atoms with Crippen LogP contribution in [0, 0.1) is 26.9 Å². The van der Waals surface area contributed by atoms with Gasteiger partial charge in [-0.3, -0.25) is 10.1 Å². The second-order valence-electron chi connectivity index (χ2n) is 5.67. The molecular formula is C15H19N3O3. The van der Waals surface area contributed by atoms with E-state index in [1.807, 2.05) is 6.07 Å². The molecule has 0 heterocycles. The minimum Gasteiger partial charge on any atom is -0.396 e. The third kappa shape index (κ3) is 3.50. The molecule has 1 aliphatic carbocycles. The van der Waals surface area contributed by atoms with Crippen molar-refractivity contribution in [1.29, 1.82) is 5.26 Å². The van der Waals surface area contributed by atoms with Gasteiger partial charge in [0.25, 0.3) is 5.69 Å². The van der Waals surface area contributed by atoms with E-state index in [1.165, 1.54) is 18.6 Å². The Morgan fingerprint density at radius 2 is 2.10 bits per heavy atom. The molecule has 112 valence electrons. The first-order chi connectivity index (χ1) is 10.1. The van der Waals surface area contributed by atoms with Gasteiger partial charge >= 0.3 is 0 Å². The number of nitro benzene ring substituents is 1. The van der Waals surface area contributed by atoms with Crippen LogP contribution in [-0.2, 0) is 0 Å². The van der Waals surface area contributed by atoms with E-state index in [4.69, 9.17) is 5.26 Å². The fraction of sp³-hybridized carbons (Fsp3) is 0.533. The second kappa shape index (κ2) is 6.55. The van der Waals surface area contributed by atoms with E-state index in [9.17, 15) is 15.2 Å². The summed E-state index contributed by atoms with van der Waals surface area (Å²) in [5.41, 5.74) is 0.337. The van der Waals surface area contributed by atoms with Gasteiger partial charge in [-0.1, -0.05) is 19.3 Å². The molecule has 0 bridgehead atoms. The monoisotopic (exact) mass is 289 g/mol. The smallest absolute Gasteiger partial charge is 0.289 e.